The Hall–Kier alpha value is -1.99. The van der Waals surface area contributed by atoms with Crippen LogP contribution in [0.15, 0.2) is 18.2 Å². The molecule has 118 valence electrons. The first-order valence-electron chi connectivity index (χ1n) is 7.34. The lowest BCUT2D eigenvalue weighted by molar-refractivity contribution is -0.385. The lowest BCUT2D eigenvalue weighted by Gasteiger charge is -2.37. The monoisotopic (exact) mass is 306 g/mol. The molecule has 0 N–H and O–H groups in total. The molecule has 22 heavy (non-hydrogen) atoms. The summed E-state index contributed by atoms with van der Waals surface area (Å²) in [6, 6.07) is 4.60. The van der Waals surface area contributed by atoms with E-state index in [1.165, 1.54) is 6.07 Å². The van der Waals surface area contributed by atoms with Gasteiger partial charge in [0.25, 0.3) is 11.6 Å². The third kappa shape index (κ3) is 2.57. The second kappa shape index (κ2) is 5.66. The Balaban J connectivity index is 1.75. The number of amides is 1. The molecule has 1 amide bonds. The maximum atomic E-state index is 12.6. The van der Waals surface area contributed by atoms with E-state index in [-0.39, 0.29) is 11.6 Å². The van der Waals surface area contributed by atoms with Crippen molar-refractivity contribution in [3.63, 3.8) is 0 Å². The Kier molecular flexibility index (Phi) is 3.84. The van der Waals surface area contributed by atoms with Crippen molar-refractivity contribution in [1.29, 1.82) is 0 Å². The summed E-state index contributed by atoms with van der Waals surface area (Å²) in [6.45, 7) is 3.86. The standard InChI is InChI=1S/C15H18N2O5/c1-11-12(3-2-4-13(11)17(19)20)14(18)16-7-5-15(6-8-16)21-9-10-22-15/h2-4H,5-10H2,1H3. The number of piperidine rings is 1. The molecule has 0 bridgehead atoms. The van der Waals surface area contributed by atoms with E-state index in [1.807, 2.05) is 0 Å². The molecule has 0 saturated carbocycles. The number of hydrogen-bond acceptors (Lipinski definition) is 5. The number of carbonyl (C=O) groups is 1. The fraction of sp³-hybridized carbons (Fsp3) is 0.533. The van der Waals surface area contributed by atoms with Gasteiger partial charge in [0.05, 0.1) is 18.1 Å². The zero-order valence-corrected chi connectivity index (χ0v) is 12.4. The van der Waals surface area contributed by atoms with Crippen LogP contribution in [-0.4, -0.2) is 47.8 Å². The van der Waals surface area contributed by atoms with Crippen molar-refractivity contribution in [1.82, 2.24) is 4.90 Å². The first kappa shape index (κ1) is 14.9. The number of hydrogen-bond donors (Lipinski definition) is 0. The van der Waals surface area contributed by atoms with Gasteiger partial charge in [0, 0.05) is 43.1 Å². The van der Waals surface area contributed by atoms with Gasteiger partial charge in [0.15, 0.2) is 5.79 Å². The lowest BCUT2D eigenvalue weighted by atomic mass is 10.0. The molecule has 7 heteroatoms. The van der Waals surface area contributed by atoms with Crippen molar-refractivity contribution >= 4 is 11.6 Å². The Morgan fingerprint density at radius 1 is 1.27 bits per heavy atom. The summed E-state index contributed by atoms with van der Waals surface area (Å²) < 4.78 is 11.3. The van der Waals surface area contributed by atoms with E-state index in [1.54, 1.807) is 24.0 Å². The molecular weight excluding hydrogens is 288 g/mol. The number of nitro groups is 1. The number of ether oxygens (including phenoxy) is 2. The summed E-state index contributed by atoms with van der Waals surface area (Å²) in [6.07, 6.45) is 1.26. The first-order valence-corrected chi connectivity index (χ1v) is 7.34. The van der Waals surface area contributed by atoms with Gasteiger partial charge < -0.3 is 14.4 Å². The molecule has 0 aromatic heterocycles. The Morgan fingerprint density at radius 3 is 2.50 bits per heavy atom. The molecule has 3 rings (SSSR count). The van der Waals surface area contributed by atoms with Crippen LogP contribution in [0.2, 0.25) is 0 Å². The van der Waals surface area contributed by atoms with E-state index >= 15 is 0 Å². The van der Waals surface area contributed by atoms with E-state index in [2.05, 4.69) is 0 Å². The summed E-state index contributed by atoms with van der Waals surface area (Å²) in [4.78, 5) is 24.9. The Bertz CT molecular complexity index is 600. The highest BCUT2D eigenvalue weighted by Crippen LogP contribution is 2.32. The van der Waals surface area contributed by atoms with E-state index < -0.39 is 10.7 Å². The van der Waals surface area contributed by atoms with Crippen molar-refractivity contribution < 1.29 is 19.2 Å². The number of nitro benzene ring substituents is 1. The van der Waals surface area contributed by atoms with Gasteiger partial charge in [0.2, 0.25) is 0 Å². The van der Waals surface area contributed by atoms with Crippen molar-refractivity contribution in [2.24, 2.45) is 0 Å². The smallest absolute Gasteiger partial charge is 0.273 e. The molecule has 7 nitrogen and oxygen atoms in total. The van der Waals surface area contributed by atoms with Crippen LogP contribution in [-0.2, 0) is 9.47 Å². The summed E-state index contributed by atoms with van der Waals surface area (Å²) in [5.41, 5.74) is 0.770. The Labute approximate surface area is 128 Å². The minimum atomic E-state index is -0.533. The minimum absolute atomic E-state index is 0.0261. The molecule has 0 aliphatic carbocycles. The van der Waals surface area contributed by atoms with E-state index in [0.29, 0.717) is 50.3 Å². The fourth-order valence-electron chi connectivity index (χ4n) is 3.06. The molecule has 2 heterocycles. The van der Waals surface area contributed by atoms with Gasteiger partial charge in [-0.1, -0.05) is 6.07 Å². The van der Waals surface area contributed by atoms with Gasteiger partial charge in [-0.2, -0.15) is 0 Å². The van der Waals surface area contributed by atoms with Gasteiger partial charge in [0.1, 0.15) is 0 Å². The quantitative estimate of drug-likeness (QED) is 0.615. The van der Waals surface area contributed by atoms with E-state index in [0.717, 1.165) is 0 Å². The number of nitrogens with zero attached hydrogens (tertiary/aromatic N) is 2. The molecular formula is C15H18N2O5. The highest BCUT2D eigenvalue weighted by molar-refractivity contribution is 5.96. The molecule has 2 fully saturated rings. The summed E-state index contributed by atoms with van der Waals surface area (Å²) in [7, 11) is 0. The topological polar surface area (TPSA) is 81.9 Å². The van der Waals surface area contributed by atoms with Gasteiger partial charge >= 0.3 is 0 Å². The van der Waals surface area contributed by atoms with Crippen LogP contribution in [0.3, 0.4) is 0 Å². The molecule has 2 aliphatic rings. The molecule has 0 unspecified atom stereocenters. The minimum Gasteiger partial charge on any atom is -0.347 e. The highest BCUT2D eigenvalue weighted by Gasteiger charge is 2.41. The maximum absolute atomic E-state index is 12.6. The number of benzene rings is 1. The van der Waals surface area contributed by atoms with Crippen LogP contribution >= 0.6 is 0 Å². The van der Waals surface area contributed by atoms with Crippen molar-refractivity contribution in [2.45, 2.75) is 25.6 Å². The zero-order chi connectivity index (χ0) is 15.7. The average molecular weight is 306 g/mol. The van der Waals surface area contributed by atoms with Crippen LogP contribution in [0, 0.1) is 17.0 Å². The van der Waals surface area contributed by atoms with Crippen LogP contribution in [0.5, 0.6) is 0 Å². The third-order valence-electron chi connectivity index (χ3n) is 4.36. The van der Waals surface area contributed by atoms with Crippen molar-refractivity contribution in [3.8, 4) is 0 Å². The van der Waals surface area contributed by atoms with Crippen LogP contribution in [0.25, 0.3) is 0 Å². The molecule has 2 saturated heterocycles. The molecule has 1 aromatic rings. The molecule has 2 aliphatic heterocycles. The summed E-state index contributed by atoms with van der Waals surface area (Å²) in [5.74, 6) is -0.705. The lowest BCUT2D eigenvalue weighted by Crippen LogP contribution is -2.47. The molecule has 1 spiro atoms. The second-order valence-electron chi connectivity index (χ2n) is 5.61. The summed E-state index contributed by atoms with van der Waals surface area (Å²) >= 11 is 0. The third-order valence-corrected chi connectivity index (χ3v) is 4.36. The first-order chi connectivity index (χ1) is 10.5. The van der Waals surface area contributed by atoms with E-state index in [9.17, 15) is 14.9 Å². The molecule has 0 atom stereocenters. The van der Waals surface area contributed by atoms with Crippen LogP contribution in [0.1, 0.15) is 28.8 Å². The van der Waals surface area contributed by atoms with Crippen LogP contribution in [0.4, 0.5) is 5.69 Å². The van der Waals surface area contributed by atoms with Crippen LogP contribution < -0.4 is 0 Å². The fourth-order valence-corrected chi connectivity index (χ4v) is 3.06. The van der Waals surface area contributed by atoms with Gasteiger partial charge in [-0.25, -0.2) is 0 Å². The maximum Gasteiger partial charge on any atom is 0.273 e. The average Bonchev–Trinajstić information content (AvgIpc) is 2.95. The summed E-state index contributed by atoms with van der Waals surface area (Å²) in [5, 5.41) is 11.0. The highest BCUT2D eigenvalue weighted by atomic mass is 16.7. The number of rotatable bonds is 2. The Morgan fingerprint density at radius 2 is 1.91 bits per heavy atom. The number of carbonyl (C=O) groups excluding carboxylic acids is 1. The SMILES string of the molecule is Cc1c(C(=O)N2CCC3(CC2)OCCO3)cccc1[N+](=O)[O-]. The van der Waals surface area contributed by atoms with Crippen molar-refractivity contribution in [2.75, 3.05) is 26.3 Å². The number of likely N-dealkylation sites (tertiary alicyclic amines) is 1. The van der Waals surface area contributed by atoms with Gasteiger partial charge in [-0.05, 0) is 13.0 Å². The normalized spacial score (nSPS) is 20.3. The predicted molar refractivity (Wildman–Crippen MR) is 77.6 cm³/mol. The zero-order valence-electron chi connectivity index (χ0n) is 12.4. The van der Waals surface area contributed by atoms with E-state index in [4.69, 9.17) is 9.47 Å². The predicted octanol–water partition coefficient (Wildman–Crippen LogP) is 1.88. The second-order valence-corrected chi connectivity index (χ2v) is 5.61. The largest absolute Gasteiger partial charge is 0.347 e. The molecule has 0 radical (unpaired) electrons. The van der Waals surface area contributed by atoms with Crippen molar-refractivity contribution in [3.05, 3.63) is 39.4 Å². The van der Waals surface area contributed by atoms with Gasteiger partial charge in [-0.3, -0.25) is 14.9 Å². The molecule has 1 aromatic carbocycles. The van der Waals surface area contributed by atoms with Gasteiger partial charge in [-0.15, -0.1) is 0 Å².